The number of halogens is 2. The van der Waals surface area contributed by atoms with Crippen LogP contribution in [0, 0.1) is 5.92 Å². The number of nitrogens with two attached hydrogens (primary N) is 1. The van der Waals surface area contributed by atoms with E-state index in [1.807, 2.05) is 48.2 Å². The van der Waals surface area contributed by atoms with E-state index in [2.05, 4.69) is 0 Å². The molecule has 0 saturated carbocycles. The Morgan fingerprint density at radius 1 is 1.29 bits per heavy atom. The third kappa shape index (κ3) is 4.31. The highest BCUT2D eigenvalue weighted by Crippen LogP contribution is 2.30. The molecule has 6 heteroatoms. The number of thiophene rings is 1. The molecule has 0 radical (unpaired) electrons. The van der Waals surface area contributed by atoms with Gasteiger partial charge in [0.15, 0.2) is 0 Å². The Bertz CT molecular complexity index is 685. The first-order chi connectivity index (χ1) is 11.0. The van der Waals surface area contributed by atoms with Gasteiger partial charge in [-0.15, -0.1) is 23.7 Å². The zero-order chi connectivity index (χ0) is 16.4. The van der Waals surface area contributed by atoms with E-state index >= 15 is 0 Å². The molecule has 2 atom stereocenters. The first-order valence-electron chi connectivity index (χ1n) is 7.95. The average molecular weight is 385 g/mol. The maximum absolute atomic E-state index is 12.7. The fourth-order valence-electron chi connectivity index (χ4n) is 3.00. The molecule has 0 spiro atoms. The molecule has 2 N–H and O–H groups in total. The first kappa shape index (κ1) is 19.3. The molecule has 1 aromatic carbocycles. The minimum atomic E-state index is 0. The standard InChI is InChI=1S/C18H21ClN2OS.ClH/c1-12(20)14-3-2-10-21(11-14)18(22)17-9-8-16(23-17)13-4-6-15(19)7-5-13;/h4-9,12,14H,2-3,10-11,20H2,1H3;1H. The Balaban J connectivity index is 0.00000208. The van der Waals surface area contributed by atoms with Crippen molar-refractivity contribution in [2.75, 3.05) is 13.1 Å². The van der Waals surface area contributed by atoms with E-state index in [4.69, 9.17) is 17.3 Å². The summed E-state index contributed by atoms with van der Waals surface area (Å²) in [5, 5.41) is 0.719. The molecule has 3 nitrogen and oxygen atoms in total. The lowest BCUT2D eigenvalue weighted by Gasteiger charge is -2.34. The maximum atomic E-state index is 12.7. The van der Waals surface area contributed by atoms with Gasteiger partial charge in [0.2, 0.25) is 0 Å². The van der Waals surface area contributed by atoms with Gasteiger partial charge in [0.1, 0.15) is 0 Å². The summed E-state index contributed by atoms with van der Waals surface area (Å²) >= 11 is 7.47. The topological polar surface area (TPSA) is 46.3 Å². The monoisotopic (exact) mass is 384 g/mol. The summed E-state index contributed by atoms with van der Waals surface area (Å²) in [6.45, 7) is 3.63. The van der Waals surface area contributed by atoms with Gasteiger partial charge in [-0.2, -0.15) is 0 Å². The lowest BCUT2D eigenvalue weighted by atomic mass is 9.92. The molecule has 3 rings (SSSR count). The summed E-state index contributed by atoms with van der Waals surface area (Å²) < 4.78 is 0. The van der Waals surface area contributed by atoms with Gasteiger partial charge in [-0.3, -0.25) is 4.79 Å². The number of piperidine rings is 1. The van der Waals surface area contributed by atoms with Crippen molar-refractivity contribution < 1.29 is 4.79 Å². The lowest BCUT2D eigenvalue weighted by molar-refractivity contribution is 0.0666. The molecule has 1 fully saturated rings. The number of rotatable bonds is 3. The zero-order valence-electron chi connectivity index (χ0n) is 13.6. The van der Waals surface area contributed by atoms with Gasteiger partial charge in [0.25, 0.3) is 5.91 Å². The number of hydrogen-bond donors (Lipinski definition) is 1. The summed E-state index contributed by atoms with van der Waals surface area (Å²) in [6.07, 6.45) is 2.15. The van der Waals surface area contributed by atoms with Crippen molar-refractivity contribution in [1.82, 2.24) is 4.90 Å². The molecular formula is C18H22Cl2N2OS. The van der Waals surface area contributed by atoms with E-state index in [-0.39, 0.29) is 24.4 Å². The van der Waals surface area contributed by atoms with Crippen LogP contribution in [0.15, 0.2) is 36.4 Å². The van der Waals surface area contributed by atoms with Crippen LogP contribution in [0.25, 0.3) is 10.4 Å². The van der Waals surface area contributed by atoms with Crippen LogP contribution in [-0.2, 0) is 0 Å². The van der Waals surface area contributed by atoms with Crippen LogP contribution in [-0.4, -0.2) is 29.9 Å². The number of carbonyl (C=O) groups is 1. The van der Waals surface area contributed by atoms with Crippen LogP contribution in [0.5, 0.6) is 0 Å². The van der Waals surface area contributed by atoms with Crippen molar-refractivity contribution in [3.63, 3.8) is 0 Å². The van der Waals surface area contributed by atoms with Crippen molar-refractivity contribution in [1.29, 1.82) is 0 Å². The van der Waals surface area contributed by atoms with Crippen molar-refractivity contribution in [3.8, 4) is 10.4 Å². The van der Waals surface area contributed by atoms with Gasteiger partial charge in [0, 0.05) is 29.0 Å². The molecule has 2 unspecified atom stereocenters. The van der Waals surface area contributed by atoms with Crippen molar-refractivity contribution in [3.05, 3.63) is 46.3 Å². The van der Waals surface area contributed by atoms with E-state index < -0.39 is 0 Å². The van der Waals surface area contributed by atoms with Gasteiger partial charge in [-0.05, 0) is 55.5 Å². The molecule has 1 aromatic heterocycles. The zero-order valence-corrected chi connectivity index (χ0v) is 16.0. The highest BCUT2D eigenvalue weighted by molar-refractivity contribution is 7.17. The third-order valence-corrected chi connectivity index (χ3v) is 5.81. The highest BCUT2D eigenvalue weighted by Gasteiger charge is 2.27. The van der Waals surface area contributed by atoms with Crippen LogP contribution >= 0.6 is 35.3 Å². The van der Waals surface area contributed by atoms with E-state index in [0.717, 1.165) is 46.3 Å². The Kier molecular flexibility index (Phi) is 6.70. The third-order valence-electron chi connectivity index (χ3n) is 4.43. The molecule has 2 aromatic rings. The van der Waals surface area contributed by atoms with E-state index in [9.17, 15) is 4.79 Å². The molecule has 1 saturated heterocycles. The smallest absolute Gasteiger partial charge is 0.263 e. The predicted octanol–water partition coefficient (Wildman–Crippen LogP) is 4.69. The van der Waals surface area contributed by atoms with Gasteiger partial charge < -0.3 is 10.6 Å². The fraction of sp³-hybridized carbons (Fsp3) is 0.389. The first-order valence-corrected chi connectivity index (χ1v) is 9.14. The Morgan fingerprint density at radius 3 is 2.67 bits per heavy atom. The maximum Gasteiger partial charge on any atom is 0.263 e. The van der Waals surface area contributed by atoms with Crippen LogP contribution in [0.4, 0.5) is 0 Å². The van der Waals surface area contributed by atoms with E-state index in [0.29, 0.717) is 5.92 Å². The van der Waals surface area contributed by atoms with E-state index in [1.54, 1.807) is 0 Å². The number of nitrogens with zero attached hydrogens (tertiary/aromatic N) is 1. The van der Waals surface area contributed by atoms with Crippen molar-refractivity contribution >= 4 is 41.3 Å². The number of benzene rings is 1. The van der Waals surface area contributed by atoms with Gasteiger partial charge in [0.05, 0.1) is 4.88 Å². The fourth-order valence-corrected chi connectivity index (χ4v) is 4.11. The summed E-state index contributed by atoms with van der Waals surface area (Å²) in [4.78, 5) is 16.6. The van der Waals surface area contributed by atoms with Crippen LogP contribution < -0.4 is 5.73 Å². The summed E-state index contributed by atoms with van der Waals surface area (Å²) in [5.74, 6) is 0.531. The van der Waals surface area contributed by atoms with Crippen LogP contribution in [0.3, 0.4) is 0 Å². The SMILES string of the molecule is CC(N)C1CCCN(C(=O)c2ccc(-c3ccc(Cl)cc3)s2)C1.Cl. The molecule has 2 heterocycles. The minimum absolute atomic E-state index is 0. The Morgan fingerprint density at radius 2 is 2.00 bits per heavy atom. The Labute approximate surface area is 158 Å². The molecule has 1 aliphatic heterocycles. The van der Waals surface area contributed by atoms with Crippen molar-refractivity contribution in [2.24, 2.45) is 11.7 Å². The normalized spacial score (nSPS) is 18.8. The second kappa shape index (κ2) is 8.34. The number of amides is 1. The van der Waals surface area contributed by atoms with Gasteiger partial charge >= 0.3 is 0 Å². The van der Waals surface area contributed by atoms with Crippen LogP contribution in [0.2, 0.25) is 5.02 Å². The second-order valence-electron chi connectivity index (χ2n) is 6.18. The quantitative estimate of drug-likeness (QED) is 0.833. The average Bonchev–Trinajstić information content (AvgIpc) is 3.05. The van der Waals surface area contributed by atoms with Crippen molar-refractivity contribution in [2.45, 2.75) is 25.8 Å². The van der Waals surface area contributed by atoms with E-state index in [1.165, 1.54) is 11.3 Å². The second-order valence-corrected chi connectivity index (χ2v) is 7.70. The molecule has 0 bridgehead atoms. The molecule has 1 amide bonds. The van der Waals surface area contributed by atoms with Gasteiger partial charge in [-0.25, -0.2) is 0 Å². The predicted molar refractivity (Wildman–Crippen MR) is 104 cm³/mol. The molecule has 1 aliphatic rings. The minimum Gasteiger partial charge on any atom is -0.338 e. The molecular weight excluding hydrogens is 363 g/mol. The molecule has 24 heavy (non-hydrogen) atoms. The van der Waals surface area contributed by atoms with Gasteiger partial charge in [-0.1, -0.05) is 23.7 Å². The molecule has 130 valence electrons. The number of likely N-dealkylation sites (tertiary alicyclic amines) is 1. The lowest BCUT2D eigenvalue weighted by Crippen LogP contribution is -2.44. The summed E-state index contributed by atoms with van der Waals surface area (Å²) in [5.41, 5.74) is 7.10. The van der Waals surface area contributed by atoms with Crippen LogP contribution in [0.1, 0.15) is 29.4 Å². The Hall–Kier alpha value is -1.07. The molecule has 0 aliphatic carbocycles. The summed E-state index contributed by atoms with van der Waals surface area (Å²) in [6, 6.07) is 11.8. The number of hydrogen-bond acceptors (Lipinski definition) is 3. The largest absolute Gasteiger partial charge is 0.338 e. The number of carbonyl (C=O) groups excluding carboxylic acids is 1. The highest BCUT2D eigenvalue weighted by atomic mass is 35.5. The summed E-state index contributed by atoms with van der Waals surface area (Å²) in [7, 11) is 0.